The zero-order valence-electron chi connectivity index (χ0n) is 11.5. The third-order valence-corrected chi connectivity index (χ3v) is 6.36. The van der Waals surface area contributed by atoms with E-state index in [1.807, 2.05) is 0 Å². The summed E-state index contributed by atoms with van der Waals surface area (Å²) in [6.07, 6.45) is 5.48. The van der Waals surface area contributed by atoms with Crippen LogP contribution < -0.4 is 10.0 Å². The summed E-state index contributed by atoms with van der Waals surface area (Å²) in [6.45, 7) is 4.09. The highest BCUT2D eigenvalue weighted by atomic mass is 32.2. The topological polar surface area (TPSA) is 61.4 Å². The quantitative estimate of drug-likeness (QED) is 0.772. The fourth-order valence-corrected chi connectivity index (χ4v) is 5.61. The Labute approximate surface area is 116 Å². The number of fused-ring (bicyclic) bond motifs is 1. The average molecular weight is 287 g/mol. The van der Waals surface area contributed by atoms with E-state index in [1.54, 1.807) is 0 Å². The van der Waals surface area contributed by atoms with Crippen LogP contribution >= 0.6 is 0 Å². The molecule has 2 N–H and O–H groups in total. The summed E-state index contributed by atoms with van der Waals surface area (Å²) >= 11 is 0. The molecule has 0 aliphatic carbocycles. The first-order valence-electron chi connectivity index (χ1n) is 7.59. The van der Waals surface area contributed by atoms with Gasteiger partial charge in [0.2, 0.25) is 10.0 Å². The number of piperidine rings is 1. The van der Waals surface area contributed by atoms with Gasteiger partial charge < -0.3 is 5.32 Å². The first-order valence-corrected chi connectivity index (χ1v) is 9.24. The number of nitrogens with one attached hydrogen (secondary N) is 2. The molecule has 0 aromatic rings. The fourth-order valence-electron chi connectivity index (χ4n) is 3.88. The molecule has 3 aliphatic heterocycles. The van der Waals surface area contributed by atoms with Gasteiger partial charge in [0.05, 0.1) is 5.75 Å². The number of hydrogen-bond acceptors (Lipinski definition) is 4. The lowest BCUT2D eigenvalue weighted by Crippen LogP contribution is -2.45. The molecule has 3 heterocycles. The van der Waals surface area contributed by atoms with Crippen molar-refractivity contribution < 1.29 is 8.42 Å². The zero-order valence-corrected chi connectivity index (χ0v) is 12.3. The second kappa shape index (κ2) is 5.68. The lowest BCUT2D eigenvalue weighted by Gasteiger charge is -2.25. The van der Waals surface area contributed by atoms with Crippen molar-refractivity contribution in [1.82, 2.24) is 14.9 Å². The minimum Gasteiger partial charge on any atom is -0.316 e. The molecule has 0 aromatic carbocycles. The van der Waals surface area contributed by atoms with Crippen LogP contribution in [-0.4, -0.2) is 57.3 Å². The Kier molecular flexibility index (Phi) is 4.12. The van der Waals surface area contributed by atoms with Gasteiger partial charge in [-0.25, -0.2) is 13.1 Å². The normalized spacial score (nSPS) is 36.5. The summed E-state index contributed by atoms with van der Waals surface area (Å²) in [5.74, 6) is 0.579. The van der Waals surface area contributed by atoms with E-state index in [2.05, 4.69) is 14.9 Å². The number of rotatable bonds is 4. The summed E-state index contributed by atoms with van der Waals surface area (Å²) in [7, 11) is -3.12. The Balaban J connectivity index is 1.55. The van der Waals surface area contributed by atoms with Gasteiger partial charge in [0.1, 0.15) is 0 Å². The molecular weight excluding hydrogens is 262 g/mol. The molecule has 19 heavy (non-hydrogen) atoms. The first kappa shape index (κ1) is 13.8. The molecule has 3 rings (SSSR count). The van der Waals surface area contributed by atoms with Crippen LogP contribution in [0.2, 0.25) is 0 Å². The van der Waals surface area contributed by atoms with Gasteiger partial charge in [-0.1, -0.05) is 0 Å². The molecule has 110 valence electrons. The highest BCUT2D eigenvalue weighted by Gasteiger charge is 2.39. The Hall–Kier alpha value is -0.170. The minimum absolute atomic E-state index is 0.157. The third-order valence-electron chi connectivity index (χ3n) is 4.79. The van der Waals surface area contributed by atoms with Crippen molar-refractivity contribution in [3.63, 3.8) is 0 Å². The second-order valence-corrected chi connectivity index (χ2v) is 8.05. The Morgan fingerprint density at radius 3 is 2.84 bits per heavy atom. The predicted molar refractivity (Wildman–Crippen MR) is 75.5 cm³/mol. The monoisotopic (exact) mass is 287 g/mol. The van der Waals surface area contributed by atoms with Crippen LogP contribution in [0.15, 0.2) is 0 Å². The van der Waals surface area contributed by atoms with Gasteiger partial charge in [-0.05, 0) is 57.7 Å². The summed E-state index contributed by atoms with van der Waals surface area (Å²) in [5, 5.41) is 3.29. The highest BCUT2D eigenvalue weighted by Crippen LogP contribution is 2.28. The maximum Gasteiger partial charge on any atom is 0.212 e. The van der Waals surface area contributed by atoms with E-state index in [0.29, 0.717) is 11.8 Å². The third kappa shape index (κ3) is 3.29. The number of sulfonamides is 1. The van der Waals surface area contributed by atoms with Crippen LogP contribution in [0, 0.1) is 5.92 Å². The molecule has 3 saturated heterocycles. The molecule has 5 nitrogen and oxygen atoms in total. The summed E-state index contributed by atoms with van der Waals surface area (Å²) < 4.78 is 27.5. The van der Waals surface area contributed by atoms with Crippen LogP contribution in [0.3, 0.4) is 0 Å². The van der Waals surface area contributed by atoms with E-state index in [0.717, 1.165) is 51.9 Å². The molecule has 0 radical (unpaired) electrons. The molecule has 3 atom stereocenters. The fraction of sp³-hybridized carbons (Fsp3) is 1.00. The Morgan fingerprint density at radius 2 is 2.05 bits per heavy atom. The molecule has 0 saturated carbocycles. The Bertz CT molecular complexity index is 406. The molecule has 0 spiro atoms. The summed E-state index contributed by atoms with van der Waals surface area (Å²) in [4.78, 5) is 2.44. The zero-order chi connectivity index (χ0) is 13.3. The summed E-state index contributed by atoms with van der Waals surface area (Å²) in [5.41, 5.74) is 0. The van der Waals surface area contributed by atoms with Crippen LogP contribution in [0.5, 0.6) is 0 Å². The van der Waals surface area contributed by atoms with Gasteiger partial charge in [0.15, 0.2) is 0 Å². The second-order valence-electron chi connectivity index (χ2n) is 6.25. The number of nitrogens with zero attached hydrogens (tertiary/aromatic N) is 1. The van der Waals surface area contributed by atoms with E-state index in [-0.39, 0.29) is 12.0 Å². The number of hydrogen-bond donors (Lipinski definition) is 2. The standard InChI is InChI=1S/C13H25N3O2S/c17-19(18,10-11-3-1-6-14-9-11)15-12-5-8-16-7-2-4-13(12)16/h11-15H,1-10H2. The van der Waals surface area contributed by atoms with Crippen molar-refractivity contribution in [1.29, 1.82) is 0 Å². The summed E-state index contributed by atoms with van der Waals surface area (Å²) in [6, 6.07) is 0.614. The highest BCUT2D eigenvalue weighted by molar-refractivity contribution is 7.89. The SMILES string of the molecule is O=S(=O)(CC1CCCNC1)NC1CCN2CCCC12. The van der Waals surface area contributed by atoms with Gasteiger partial charge in [0.25, 0.3) is 0 Å². The minimum atomic E-state index is -3.12. The maximum atomic E-state index is 12.3. The average Bonchev–Trinajstić information content (AvgIpc) is 2.95. The molecule has 6 heteroatoms. The smallest absolute Gasteiger partial charge is 0.212 e. The van der Waals surface area contributed by atoms with Crippen molar-refractivity contribution >= 4 is 10.0 Å². The molecule has 0 bridgehead atoms. The van der Waals surface area contributed by atoms with Crippen molar-refractivity contribution in [2.45, 2.75) is 44.2 Å². The van der Waals surface area contributed by atoms with Gasteiger partial charge in [0, 0.05) is 18.6 Å². The molecule has 3 unspecified atom stereocenters. The van der Waals surface area contributed by atoms with Crippen molar-refractivity contribution in [2.75, 3.05) is 31.9 Å². The van der Waals surface area contributed by atoms with E-state index in [4.69, 9.17) is 0 Å². The van der Waals surface area contributed by atoms with Crippen LogP contribution in [0.4, 0.5) is 0 Å². The first-order chi connectivity index (χ1) is 9.14. The van der Waals surface area contributed by atoms with Crippen LogP contribution in [-0.2, 0) is 10.0 Å². The van der Waals surface area contributed by atoms with Gasteiger partial charge in [-0.15, -0.1) is 0 Å². The van der Waals surface area contributed by atoms with Crippen LogP contribution in [0.1, 0.15) is 32.1 Å². The lowest BCUT2D eigenvalue weighted by atomic mass is 10.0. The maximum absolute atomic E-state index is 12.3. The van der Waals surface area contributed by atoms with E-state index in [9.17, 15) is 8.42 Å². The van der Waals surface area contributed by atoms with Crippen molar-refractivity contribution in [3.8, 4) is 0 Å². The lowest BCUT2D eigenvalue weighted by molar-refractivity contribution is 0.308. The predicted octanol–water partition coefficient (Wildman–Crippen LogP) is 0.142. The van der Waals surface area contributed by atoms with E-state index < -0.39 is 10.0 Å². The van der Waals surface area contributed by atoms with Gasteiger partial charge in [-0.2, -0.15) is 0 Å². The molecule has 0 amide bonds. The Morgan fingerprint density at radius 1 is 1.16 bits per heavy atom. The van der Waals surface area contributed by atoms with E-state index in [1.165, 1.54) is 6.42 Å². The molecule has 3 fully saturated rings. The van der Waals surface area contributed by atoms with Crippen molar-refractivity contribution in [3.05, 3.63) is 0 Å². The van der Waals surface area contributed by atoms with Crippen LogP contribution in [0.25, 0.3) is 0 Å². The van der Waals surface area contributed by atoms with E-state index >= 15 is 0 Å². The molecule has 3 aliphatic rings. The molecular formula is C13H25N3O2S. The largest absolute Gasteiger partial charge is 0.316 e. The van der Waals surface area contributed by atoms with Gasteiger partial charge >= 0.3 is 0 Å². The molecule has 0 aromatic heterocycles. The van der Waals surface area contributed by atoms with Crippen molar-refractivity contribution in [2.24, 2.45) is 5.92 Å². The van der Waals surface area contributed by atoms with Gasteiger partial charge in [-0.3, -0.25) is 4.90 Å².